The summed E-state index contributed by atoms with van der Waals surface area (Å²) in [4.78, 5) is 7.10. The highest BCUT2D eigenvalue weighted by Crippen LogP contribution is 2.23. The van der Waals surface area contributed by atoms with Crippen LogP contribution in [0.15, 0.2) is 36.4 Å². The van der Waals surface area contributed by atoms with E-state index in [1.807, 2.05) is 6.92 Å². The van der Waals surface area contributed by atoms with Crippen molar-refractivity contribution in [3.8, 4) is 0 Å². The lowest BCUT2D eigenvalue weighted by Gasteiger charge is -2.22. The third kappa shape index (κ3) is 2.66. The monoisotopic (exact) mass is 286 g/mol. The molecule has 1 aliphatic rings. The molecule has 0 radical (unpaired) electrons. The molecular formula is C17H19ClN2. The Morgan fingerprint density at radius 2 is 1.95 bits per heavy atom. The van der Waals surface area contributed by atoms with E-state index in [0.29, 0.717) is 5.88 Å². The Hall–Kier alpha value is -1.54. The number of aryl methyl sites for hydroxylation is 2. The smallest absolute Gasteiger partial charge is 0.129 e. The van der Waals surface area contributed by atoms with Crippen LogP contribution in [0.2, 0.25) is 0 Å². The second kappa shape index (κ2) is 5.84. The molecule has 0 unspecified atom stereocenters. The van der Waals surface area contributed by atoms with Gasteiger partial charge in [-0.3, -0.25) is 0 Å². The van der Waals surface area contributed by atoms with Crippen LogP contribution in [0.25, 0.3) is 0 Å². The molecule has 3 rings (SSSR count). The lowest BCUT2D eigenvalue weighted by molar-refractivity contribution is 0.752. The van der Waals surface area contributed by atoms with Crippen LogP contribution in [0.1, 0.15) is 28.8 Å². The van der Waals surface area contributed by atoms with E-state index in [4.69, 9.17) is 16.6 Å². The van der Waals surface area contributed by atoms with E-state index in [2.05, 4.69) is 41.3 Å². The summed E-state index contributed by atoms with van der Waals surface area (Å²) in [5.41, 5.74) is 5.05. The SMILES string of the molecule is Cc1nc(N2CCCc3ccccc3C2)ccc1CCl. The van der Waals surface area contributed by atoms with Gasteiger partial charge in [0.05, 0.1) is 0 Å². The summed E-state index contributed by atoms with van der Waals surface area (Å²) in [7, 11) is 0. The molecule has 0 spiro atoms. The first-order valence-electron chi connectivity index (χ1n) is 7.12. The van der Waals surface area contributed by atoms with Crippen LogP contribution in [-0.4, -0.2) is 11.5 Å². The summed E-state index contributed by atoms with van der Waals surface area (Å²) in [5.74, 6) is 1.59. The van der Waals surface area contributed by atoms with Gasteiger partial charge in [0.2, 0.25) is 0 Å². The normalized spacial score (nSPS) is 14.8. The summed E-state index contributed by atoms with van der Waals surface area (Å²) in [6.45, 7) is 4.04. The zero-order valence-corrected chi connectivity index (χ0v) is 12.5. The average Bonchev–Trinajstić information content (AvgIpc) is 2.69. The van der Waals surface area contributed by atoms with Crippen molar-refractivity contribution in [2.75, 3.05) is 11.4 Å². The van der Waals surface area contributed by atoms with Crippen LogP contribution in [0, 0.1) is 6.92 Å². The van der Waals surface area contributed by atoms with Gasteiger partial charge < -0.3 is 4.90 Å². The van der Waals surface area contributed by atoms with Gasteiger partial charge in [-0.1, -0.05) is 30.3 Å². The Kier molecular flexibility index (Phi) is 3.93. The van der Waals surface area contributed by atoms with Crippen LogP contribution >= 0.6 is 11.6 Å². The third-order valence-electron chi connectivity index (χ3n) is 4.00. The van der Waals surface area contributed by atoms with Crippen molar-refractivity contribution in [2.24, 2.45) is 0 Å². The second-order valence-electron chi connectivity index (χ2n) is 5.34. The Labute approximate surface area is 125 Å². The molecule has 0 saturated carbocycles. The van der Waals surface area contributed by atoms with E-state index >= 15 is 0 Å². The van der Waals surface area contributed by atoms with Gasteiger partial charge in [-0.25, -0.2) is 4.98 Å². The zero-order valence-electron chi connectivity index (χ0n) is 11.8. The molecule has 2 heterocycles. The average molecular weight is 287 g/mol. The number of alkyl halides is 1. The number of anilines is 1. The number of hydrogen-bond donors (Lipinski definition) is 0. The van der Waals surface area contributed by atoms with E-state index in [0.717, 1.165) is 36.6 Å². The molecule has 1 aromatic carbocycles. The van der Waals surface area contributed by atoms with Gasteiger partial charge >= 0.3 is 0 Å². The summed E-state index contributed by atoms with van der Waals surface area (Å²) in [6, 6.07) is 12.9. The maximum Gasteiger partial charge on any atom is 0.129 e. The first-order chi connectivity index (χ1) is 9.78. The van der Waals surface area contributed by atoms with Gasteiger partial charge in [0, 0.05) is 24.7 Å². The van der Waals surface area contributed by atoms with Crippen LogP contribution in [0.3, 0.4) is 0 Å². The Balaban J connectivity index is 1.89. The number of halogens is 1. The molecule has 0 aliphatic carbocycles. The summed E-state index contributed by atoms with van der Waals surface area (Å²) in [6.07, 6.45) is 2.33. The van der Waals surface area contributed by atoms with E-state index in [1.165, 1.54) is 17.5 Å². The van der Waals surface area contributed by atoms with Gasteiger partial charge in [-0.05, 0) is 42.5 Å². The quantitative estimate of drug-likeness (QED) is 0.773. The fraction of sp³-hybridized carbons (Fsp3) is 0.353. The third-order valence-corrected chi connectivity index (χ3v) is 4.29. The topological polar surface area (TPSA) is 16.1 Å². The number of benzene rings is 1. The van der Waals surface area contributed by atoms with Crippen molar-refractivity contribution in [2.45, 2.75) is 32.2 Å². The molecule has 0 fully saturated rings. The van der Waals surface area contributed by atoms with Crippen molar-refractivity contribution < 1.29 is 0 Å². The van der Waals surface area contributed by atoms with Gasteiger partial charge in [0.1, 0.15) is 5.82 Å². The highest BCUT2D eigenvalue weighted by Gasteiger charge is 2.15. The highest BCUT2D eigenvalue weighted by atomic mass is 35.5. The van der Waals surface area contributed by atoms with E-state index in [9.17, 15) is 0 Å². The molecule has 20 heavy (non-hydrogen) atoms. The van der Waals surface area contributed by atoms with Crippen LogP contribution in [0.4, 0.5) is 5.82 Å². The molecule has 1 aliphatic heterocycles. The summed E-state index contributed by atoms with van der Waals surface area (Å²) >= 11 is 5.91. The lowest BCUT2D eigenvalue weighted by Crippen LogP contribution is -2.23. The van der Waals surface area contributed by atoms with Gasteiger partial charge in [0.15, 0.2) is 0 Å². The van der Waals surface area contributed by atoms with Gasteiger partial charge in [-0.15, -0.1) is 11.6 Å². The number of fused-ring (bicyclic) bond motifs is 1. The van der Waals surface area contributed by atoms with Crippen molar-refractivity contribution in [1.29, 1.82) is 0 Å². The van der Waals surface area contributed by atoms with Crippen molar-refractivity contribution in [3.05, 3.63) is 58.8 Å². The maximum atomic E-state index is 5.91. The lowest BCUT2D eigenvalue weighted by atomic mass is 10.0. The molecule has 0 N–H and O–H groups in total. The van der Waals surface area contributed by atoms with E-state index < -0.39 is 0 Å². The first-order valence-corrected chi connectivity index (χ1v) is 7.65. The number of aromatic nitrogens is 1. The number of hydrogen-bond acceptors (Lipinski definition) is 2. The van der Waals surface area contributed by atoms with E-state index in [-0.39, 0.29) is 0 Å². The number of rotatable bonds is 2. The summed E-state index contributed by atoms with van der Waals surface area (Å²) < 4.78 is 0. The van der Waals surface area contributed by atoms with Gasteiger partial charge in [0.25, 0.3) is 0 Å². The highest BCUT2D eigenvalue weighted by molar-refractivity contribution is 6.17. The predicted octanol–water partition coefficient (Wildman–Crippen LogP) is 4.08. The Morgan fingerprint density at radius 1 is 1.15 bits per heavy atom. The molecule has 0 amide bonds. The maximum absolute atomic E-state index is 5.91. The molecule has 0 bridgehead atoms. The Bertz CT molecular complexity index is 610. The van der Waals surface area contributed by atoms with Crippen molar-refractivity contribution in [1.82, 2.24) is 4.98 Å². The minimum absolute atomic E-state index is 0.530. The predicted molar refractivity (Wildman–Crippen MR) is 84.3 cm³/mol. The number of pyridine rings is 1. The molecule has 2 nitrogen and oxygen atoms in total. The van der Waals surface area contributed by atoms with Crippen molar-refractivity contribution in [3.63, 3.8) is 0 Å². The fourth-order valence-electron chi connectivity index (χ4n) is 2.79. The fourth-order valence-corrected chi connectivity index (χ4v) is 3.07. The zero-order chi connectivity index (χ0) is 13.9. The molecular weight excluding hydrogens is 268 g/mol. The first kappa shape index (κ1) is 13.4. The standard InChI is InChI=1S/C17H19ClN2/c1-13-15(11-18)8-9-17(19-13)20-10-4-7-14-5-2-3-6-16(14)12-20/h2-3,5-6,8-9H,4,7,10-12H2,1H3. The molecule has 1 aromatic heterocycles. The molecule has 3 heteroatoms. The summed E-state index contributed by atoms with van der Waals surface area (Å²) in [5, 5.41) is 0. The number of nitrogens with zero attached hydrogens (tertiary/aromatic N) is 2. The molecule has 0 saturated heterocycles. The minimum Gasteiger partial charge on any atom is -0.352 e. The van der Waals surface area contributed by atoms with E-state index in [1.54, 1.807) is 0 Å². The van der Waals surface area contributed by atoms with Gasteiger partial charge in [-0.2, -0.15) is 0 Å². The van der Waals surface area contributed by atoms with Crippen LogP contribution in [-0.2, 0) is 18.8 Å². The van der Waals surface area contributed by atoms with Crippen molar-refractivity contribution >= 4 is 17.4 Å². The molecule has 2 aromatic rings. The second-order valence-corrected chi connectivity index (χ2v) is 5.61. The molecule has 104 valence electrons. The van der Waals surface area contributed by atoms with Crippen LogP contribution in [0.5, 0.6) is 0 Å². The van der Waals surface area contributed by atoms with Crippen LogP contribution < -0.4 is 4.90 Å². The Morgan fingerprint density at radius 3 is 2.70 bits per heavy atom. The molecule has 0 atom stereocenters. The largest absolute Gasteiger partial charge is 0.352 e. The minimum atomic E-state index is 0.530.